The number of pyridine rings is 8. The summed E-state index contributed by atoms with van der Waals surface area (Å²) in [6.45, 7) is 22.1. The minimum atomic E-state index is -1.46. The molecule has 0 amide bonds. The first-order valence-electron chi connectivity index (χ1n) is 22.3. The molecule has 2 aromatic carbocycles. The second-order valence-electron chi connectivity index (χ2n) is 17.3. The Bertz CT molecular complexity index is 3840. The summed E-state index contributed by atoms with van der Waals surface area (Å²) in [5, 5.41) is 28.5. The zero-order chi connectivity index (χ0) is 51.3. The topological polar surface area (TPSA) is 200 Å². The third kappa shape index (κ3) is 10.3. The number of ether oxygens (including phenoxy) is 1. The van der Waals surface area contributed by atoms with E-state index in [1.807, 2.05) is 94.4 Å². The number of nitrogens with zero attached hydrogens (tertiary/aromatic N) is 10. The predicted octanol–water partition coefficient (Wildman–Crippen LogP) is 8.15. The molecule has 8 aromatic heterocycles. The van der Waals surface area contributed by atoms with Crippen molar-refractivity contribution in [2.45, 2.75) is 45.4 Å². The summed E-state index contributed by atoms with van der Waals surface area (Å²) in [4.78, 5) is 59.4. The minimum Gasteiger partial charge on any atom is -0.481 e. The van der Waals surface area contributed by atoms with Gasteiger partial charge in [-0.3, -0.25) is 33.7 Å². The summed E-state index contributed by atoms with van der Waals surface area (Å²) in [6.07, 6.45) is 6.48. The van der Waals surface area contributed by atoms with Crippen LogP contribution in [0.5, 0.6) is 5.88 Å². The molecule has 0 bridgehead atoms. The number of benzene rings is 2. The van der Waals surface area contributed by atoms with Gasteiger partial charge in [0.1, 0.15) is 16.2 Å². The van der Waals surface area contributed by atoms with Gasteiger partial charge in [0, 0.05) is 109 Å². The number of hydrogen-bond acceptors (Lipinski definition) is 12. The van der Waals surface area contributed by atoms with Crippen LogP contribution in [0.15, 0.2) is 156 Å². The lowest BCUT2D eigenvalue weighted by Gasteiger charge is -2.15. The molecular formula is C54H44BClN10O6. The standard InChI is InChI=1S/C27H21N5O2.C21H15ClN4O.C6H8BNO3/c1-27(2,28-3)19-6-9-21(10-7-19)32-24(34)13-5-18-15-30-23-12-11-22(31-25(23)26(18)32)17-4-8-20(16-33)29-14-17;1-21(2,23-3)14-5-7-15(8-6-14)26-18(27)11-4-13-12-24-16-9-10-17(22)25-19(16)20(13)26;1-11-6-3-2-5(4-8-6)7(9)10/h4-15,33H,16H2,1-2H3;4-12H,1-2H3;2-4,9-10H,1H3. The molecule has 0 aliphatic heterocycles. The fraction of sp³-hybridized carbons (Fsp3) is 0.148. The van der Waals surface area contributed by atoms with Crippen LogP contribution in [0.3, 0.4) is 0 Å². The molecule has 0 fully saturated rings. The number of fused-ring (bicyclic) bond motifs is 6. The third-order valence-electron chi connectivity index (χ3n) is 11.9. The van der Waals surface area contributed by atoms with Crippen LogP contribution in [-0.2, 0) is 17.7 Å². The fourth-order valence-electron chi connectivity index (χ4n) is 7.69. The number of halogens is 1. The maximum Gasteiger partial charge on any atom is 0.490 e. The van der Waals surface area contributed by atoms with Gasteiger partial charge < -0.3 is 29.6 Å². The van der Waals surface area contributed by atoms with E-state index in [1.54, 1.807) is 64.1 Å². The summed E-state index contributed by atoms with van der Waals surface area (Å²) in [5.41, 5.74) is 7.79. The van der Waals surface area contributed by atoms with Crippen molar-refractivity contribution in [3.63, 3.8) is 0 Å². The van der Waals surface area contributed by atoms with Crippen LogP contribution < -0.4 is 21.3 Å². The predicted molar refractivity (Wildman–Crippen MR) is 279 cm³/mol. The van der Waals surface area contributed by atoms with Gasteiger partial charge in [0.15, 0.2) is 0 Å². The highest BCUT2D eigenvalue weighted by molar-refractivity contribution is 6.58. The van der Waals surface area contributed by atoms with E-state index in [0.29, 0.717) is 72.4 Å². The van der Waals surface area contributed by atoms with Crippen molar-refractivity contribution in [2.24, 2.45) is 0 Å². The van der Waals surface area contributed by atoms with Crippen LogP contribution in [-0.4, -0.2) is 68.4 Å². The Morgan fingerprint density at radius 1 is 0.611 bits per heavy atom. The first kappa shape index (κ1) is 49.7. The van der Waals surface area contributed by atoms with Crippen molar-refractivity contribution >= 4 is 68.1 Å². The second-order valence-corrected chi connectivity index (χ2v) is 17.7. The zero-order valence-corrected chi connectivity index (χ0v) is 40.3. The normalized spacial score (nSPS) is 11.3. The molecule has 0 aliphatic carbocycles. The molecule has 3 N–H and O–H groups in total. The van der Waals surface area contributed by atoms with Crippen LogP contribution in [0.1, 0.15) is 44.5 Å². The highest BCUT2D eigenvalue weighted by atomic mass is 35.5. The molecule has 10 rings (SSSR count). The molecule has 356 valence electrons. The number of hydrogen-bond donors (Lipinski definition) is 3. The van der Waals surface area contributed by atoms with Gasteiger partial charge in [-0.2, -0.15) is 0 Å². The SMILES string of the molecule is COc1ccc(B(O)O)cn1.[C-]#[N+]C(C)(C)c1ccc(-n2c(=O)ccc3cnc4ccc(-c5ccc(CO)nc5)nc4c32)cc1.[C-]#[N+]C(C)(C)c1ccc(-n2c(=O)ccc3cnc4ccc(Cl)nc4c32)cc1. The van der Waals surface area contributed by atoms with Gasteiger partial charge in [0.05, 0.1) is 47.2 Å². The van der Waals surface area contributed by atoms with Crippen molar-refractivity contribution in [1.82, 2.24) is 39.0 Å². The van der Waals surface area contributed by atoms with Crippen LogP contribution >= 0.6 is 11.6 Å². The first-order valence-corrected chi connectivity index (χ1v) is 22.6. The van der Waals surface area contributed by atoms with Gasteiger partial charge in [-0.1, -0.05) is 17.7 Å². The highest BCUT2D eigenvalue weighted by Gasteiger charge is 2.27. The van der Waals surface area contributed by atoms with Gasteiger partial charge in [-0.05, 0) is 103 Å². The lowest BCUT2D eigenvalue weighted by Crippen LogP contribution is -2.29. The van der Waals surface area contributed by atoms with Crippen LogP contribution in [0.4, 0.5) is 0 Å². The molecule has 0 spiro atoms. The van der Waals surface area contributed by atoms with Crippen LogP contribution in [0.2, 0.25) is 5.15 Å². The van der Waals surface area contributed by atoms with E-state index in [0.717, 1.165) is 27.5 Å². The zero-order valence-electron chi connectivity index (χ0n) is 39.6. The molecule has 0 atom stereocenters. The Morgan fingerprint density at radius 2 is 1.14 bits per heavy atom. The average molecular weight is 975 g/mol. The number of methoxy groups -OCH3 is 1. The van der Waals surface area contributed by atoms with Crippen molar-refractivity contribution in [1.29, 1.82) is 0 Å². The van der Waals surface area contributed by atoms with Crippen molar-refractivity contribution in [3.05, 3.63) is 212 Å². The Balaban J connectivity index is 0.000000162. The smallest absolute Gasteiger partial charge is 0.481 e. The molecular weight excluding hydrogens is 931 g/mol. The Kier molecular flexibility index (Phi) is 14.3. The quantitative estimate of drug-likeness (QED) is 0.0572. The molecule has 0 radical (unpaired) electrons. The lowest BCUT2D eigenvalue weighted by molar-refractivity contribution is 0.277. The summed E-state index contributed by atoms with van der Waals surface area (Å²) in [5.74, 6) is 0.453. The van der Waals surface area contributed by atoms with Gasteiger partial charge in [-0.25, -0.2) is 28.1 Å². The van der Waals surface area contributed by atoms with E-state index < -0.39 is 18.2 Å². The summed E-state index contributed by atoms with van der Waals surface area (Å²) in [6, 6.07) is 35.4. The molecule has 18 heteroatoms. The highest BCUT2D eigenvalue weighted by Crippen LogP contribution is 2.31. The summed E-state index contributed by atoms with van der Waals surface area (Å²) >= 11 is 6.09. The van der Waals surface area contributed by atoms with Gasteiger partial charge >= 0.3 is 7.12 Å². The maximum absolute atomic E-state index is 13.1. The van der Waals surface area contributed by atoms with E-state index in [1.165, 1.54) is 31.5 Å². The molecule has 10 aromatic rings. The third-order valence-corrected chi connectivity index (χ3v) is 12.1. The summed E-state index contributed by atoms with van der Waals surface area (Å²) in [7, 11) is 0.0330. The van der Waals surface area contributed by atoms with Gasteiger partial charge in [0.25, 0.3) is 22.2 Å². The Labute approximate surface area is 418 Å². The summed E-state index contributed by atoms with van der Waals surface area (Å²) < 4.78 is 8.02. The fourth-order valence-corrected chi connectivity index (χ4v) is 7.84. The molecule has 0 saturated carbocycles. The molecule has 0 unspecified atom stereocenters. The van der Waals surface area contributed by atoms with Gasteiger partial charge in [-0.15, -0.1) is 0 Å². The maximum atomic E-state index is 13.1. The van der Waals surface area contributed by atoms with Crippen molar-refractivity contribution in [2.75, 3.05) is 7.11 Å². The number of aromatic nitrogens is 8. The number of aliphatic hydroxyl groups is 1. The van der Waals surface area contributed by atoms with E-state index >= 15 is 0 Å². The molecule has 0 saturated heterocycles. The first-order chi connectivity index (χ1) is 34.5. The Morgan fingerprint density at radius 3 is 1.58 bits per heavy atom. The molecule has 8 heterocycles. The largest absolute Gasteiger partial charge is 0.490 e. The minimum absolute atomic E-state index is 0.127. The van der Waals surface area contributed by atoms with E-state index in [4.69, 9.17) is 44.5 Å². The monoisotopic (exact) mass is 974 g/mol. The lowest BCUT2D eigenvalue weighted by atomic mass is 9.82. The Hall–Kier alpha value is -8.71. The van der Waals surface area contributed by atoms with Crippen molar-refractivity contribution < 1.29 is 19.9 Å². The average Bonchev–Trinajstić information content (AvgIpc) is 3.41. The second kappa shape index (κ2) is 20.7. The van der Waals surface area contributed by atoms with E-state index in [2.05, 4.69) is 34.6 Å². The number of aliphatic hydroxyl groups excluding tert-OH is 1. The van der Waals surface area contributed by atoms with Crippen LogP contribution in [0, 0.1) is 13.1 Å². The van der Waals surface area contributed by atoms with E-state index in [9.17, 15) is 14.7 Å². The van der Waals surface area contributed by atoms with Crippen molar-refractivity contribution in [3.8, 4) is 28.5 Å². The number of rotatable bonds is 8. The molecule has 72 heavy (non-hydrogen) atoms. The van der Waals surface area contributed by atoms with Crippen LogP contribution in [0.25, 0.3) is 76.2 Å². The van der Waals surface area contributed by atoms with Gasteiger partial charge in [0.2, 0.25) is 5.88 Å². The van der Waals surface area contributed by atoms with E-state index in [-0.39, 0.29) is 17.7 Å². The molecule has 0 aliphatic rings. The molecule has 16 nitrogen and oxygen atoms in total.